The third-order valence-corrected chi connectivity index (χ3v) is 4.77. The maximum Gasteiger partial charge on any atom is 0.244 e. The average Bonchev–Trinajstić information content (AvgIpc) is 2.90. The molecule has 0 N–H and O–H groups in total. The van der Waals surface area contributed by atoms with Gasteiger partial charge in [-0.05, 0) is 67.4 Å². The molecule has 0 aliphatic heterocycles. The fourth-order valence-corrected chi connectivity index (χ4v) is 3.27. The molecule has 144 valence electrons. The molecule has 2 aromatic heterocycles. The Balaban J connectivity index is 0.00000225. The molecule has 0 bridgehead atoms. The minimum Gasteiger partial charge on any atom is -0.437 e. The number of ether oxygens (including phenoxy) is 1. The molecular formula is C22H19ClF2N2O. The first-order valence-electron chi connectivity index (χ1n) is 8.65. The maximum atomic E-state index is 13.6. The molecule has 0 saturated carbocycles. The van der Waals surface area contributed by atoms with Crippen LogP contribution in [0.5, 0.6) is 11.6 Å². The van der Waals surface area contributed by atoms with Crippen molar-refractivity contribution in [2.45, 2.75) is 20.4 Å². The van der Waals surface area contributed by atoms with Gasteiger partial charge in [0.05, 0.1) is 0 Å². The van der Waals surface area contributed by atoms with E-state index in [9.17, 15) is 8.78 Å². The minimum absolute atomic E-state index is 0. The summed E-state index contributed by atoms with van der Waals surface area (Å²) < 4.78 is 34.8. The standard InChI is InChI=1S/C22H18F2N2O.ClH/c1-14-15(2)26(13-16-4-3-5-18(24)12-16)21-20(14)10-11-25-22(21)27-19-8-6-17(23)7-9-19;/h3-12H,13H2,1-2H3;1H. The van der Waals surface area contributed by atoms with E-state index in [1.54, 1.807) is 24.4 Å². The molecule has 2 aromatic carbocycles. The highest BCUT2D eigenvalue weighted by Gasteiger charge is 2.17. The van der Waals surface area contributed by atoms with Gasteiger partial charge < -0.3 is 9.30 Å². The van der Waals surface area contributed by atoms with E-state index in [-0.39, 0.29) is 24.0 Å². The lowest BCUT2D eigenvalue weighted by molar-refractivity contribution is 0.464. The molecule has 0 saturated heterocycles. The normalized spacial score (nSPS) is 10.7. The summed E-state index contributed by atoms with van der Waals surface area (Å²) in [7, 11) is 0. The van der Waals surface area contributed by atoms with E-state index >= 15 is 0 Å². The van der Waals surface area contributed by atoms with Gasteiger partial charge in [-0.2, -0.15) is 0 Å². The summed E-state index contributed by atoms with van der Waals surface area (Å²) in [6.45, 7) is 4.57. The van der Waals surface area contributed by atoms with Crippen LogP contribution >= 0.6 is 12.4 Å². The van der Waals surface area contributed by atoms with Crippen LogP contribution in [-0.2, 0) is 6.54 Å². The second kappa shape index (κ2) is 7.98. The lowest BCUT2D eigenvalue weighted by Gasteiger charge is -2.12. The van der Waals surface area contributed by atoms with E-state index in [1.165, 1.54) is 24.3 Å². The van der Waals surface area contributed by atoms with E-state index in [0.717, 1.165) is 27.7 Å². The number of pyridine rings is 1. The molecule has 3 nitrogen and oxygen atoms in total. The predicted molar refractivity (Wildman–Crippen MR) is 108 cm³/mol. The number of aryl methyl sites for hydroxylation is 1. The Hall–Kier alpha value is -2.92. The van der Waals surface area contributed by atoms with Crippen LogP contribution in [0.1, 0.15) is 16.8 Å². The van der Waals surface area contributed by atoms with E-state index in [2.05, 4.69) is 9.55 Å². The number of rotatable bonds is 4. The second-order valence-corrected chi connectivity index (χ2v) is 6.49. The van der Waals surface area contributed by atoms with Gasteiger partial charge in [0.15, 0.2) is 0 Å². The molecule has 28 heavy (non-hydrogen) atoms. The van der Waals surface area contributed by atoms with Gasteiger partial charge >= 0.3 is 0 Å². The summed E-state index contributed by atoms with van der Waals surface area (Å²) in [5.74, 6) is 0.353. The van der Waals surface area contributed by atoms with Crippen LogP contribution < -0.4 is 4.74 Å². The third kappa shape index (κ3) is 3.71. The van der Waals surface area contributed by atoms with E-state index < -0.39 is 0 Å². The van der Waals surface area contributed by atoms with Gasteiger partial charge in [-0.1, -0.05) is 12.1 Å². The number of fused-ring (bicyclic) bond motifs is 1. The predicted octanol–water partition coefficient (Wildman–Crippen LogP) is 6.19. The fraction of sp³-hybridized carbons (Fsp3) is 0.136. The van der Waals surface area contributed by atoms with Gasteiger partial charge in [0.25, 0.3) is 0 Å². The van der Waals surface area contributed by atoms with Crippen LogP contribution in [0.25, 0.3) is 10.9 Å². The van der Waals surface area contributed by atoms with Crippen LogP contribution in [0, 0.1) is 25.5 Å². The molecule has 4 aromatic rings. The van der Waals surface area contributed by atoms with Crippen LogP contribution in [-0.4, -0.2) is 9.55 Å². The highest BCUT2D eigenvalue weighted by molar-refractivity contribution is 5.89. The third-order valence-electron chi connectivity index (χ3n) is 4.77. The van der Waals surface area contributed by atoms with Crippen molar-refractivity contribution < 1.29 is 13.5 Å². The van der Waals surface area contributed by atoms with Crippen LogP contribution in [0.15, 0.2) is 60.8 Å². The summed E-state index contributed by atoms with van der Waals surface area (Å²) in [6, 6.07) is 14.3. The van der Waals surface area contributed by atoms with Gasteiger partial charge in [0.2, 0.25) is 5.88 Å². The molecule has 0 atom stereocenters. The zero-order valence-corrected chi connectivity index (χ0v) is 16.3. The summed E-state index contributed by atoms with van der Waals surface area (Å²) >= 11 is 0. The smallest absolute Gasteiger partial charge is 0.244 e. The van der Waals surface area contributed by atoms with Gasteiger partial charge in [-0.15, -0.1) is 12.4 Å². The van der Waals surface area contributed by atoms with Crippen molar-refractivity contribution in [2.75, 3.05) is 0 Å². The van der Waals surface area contributed by atoms with Crippen molar-refractivity contribution >= 4 is 23.3 Å². The Morgan fingerprint density at radius 3 is 2.43 bits per heavy atom. The highest BCUT2D eigenvalue weighted by atomic mass is 35.5. The summed E-state index contributed by atoms with van der Waals surface area (Å²) in [6.07, 6.45) is 1.69. The topological polar surface area (TPSA) is 27.1 Å². The average molecular weight is 401 g/mol. The monoisotopic (exact) mass is 400 g/mol. The molecule has 0 amide bonds. The quantitative estimate of drug-likeness (QED) is 0.408. The van der Waals surface area contributed by atoms with Crippen molar-refractivity contribution in [1.82, 2.24) is 9.55 Å². The van der Waals surface area contributed by atoms with Crippen molar-refractivity contribution in [3.8, 4) is 11.6 Å². The number of benzene rings is 2. The Bertz CT molecular complexity index is 1120. The Morgan fingerprint density at radius 1 is 0.964 bits per heavy atom. The van der Waals surface area contributed by atoms with Crippen LogP contribution in [0.4, 0.5) is 8.78 Å². The van der Waals surface area contributed by atoms with Gasteiger partial charge in [-0.25, -0.2) is 13.8 Å². The van der Waals surface area contributed by atoms with Crippen molar-refractivity contribution in [2.24, 2.45) is 0 Å². The van der Waals surface area contributed by atoms with Crippen molar-refractivity contribution in [3.63, 3.8) is 0 Å². The lowest BCUT2D eigenvalue weighted by atomic mass is 10.2. The molecule has 0 spiro atoms. The molecule has 0 fully saturated rings. The Kier molecular flexibility index (Phi) is 5.66. The largest absolute Gasteiger partial charge is 0.437 e. The first-order chi connectivity index (χ1) is 13.0. The Morgan fingerprint density at radius 2 is 1.71 bits per heavy atom. The number of hydrogen-bond donors (Lipinski definition) is 0. The summed E-state index contributed by atoms with van der Waals surface area (Å²) in [5.41, 5.74) is 3.87. The zero-order chi connectivity index (χ0) is 19.0. The molecule has 4 rings (SSSR count). The maximum absolute atomic E-state index is 13.6. The minimum atomic E-state index is -0.324. The molecule has 0 aliphatic rings. The van der Waals surface area contributed by atoms with Crippen LogP contribution in [0.3, 0.4) is 0 Å². The van der Waals surface area contributed by atoms with E-state index in [0.29, 0.717) is 18.2 Å². The fourth-order valence-electron chi connectivity index (χ4n) is 3.27. The van der Waals surface area contributed by atoms with Gasteiger partial charge in [-0.3, -0.25) is 0 Å². The molecule has 0 unspecified atom stereocenters. The SMILES string of the molecule is Cc1c(C)n(Cc2cccc(F)c2)c2c(Oc3ccc(F)cc3)nccc12.Cl. The number of halogens is 3. The molecule has 0 radical (unpaired) electrons. The van der Waals surface area contributed by atoms with Crippen LogP contribution in [0.2, 0.25) is 0 Å². The Labute approximate surface area is 168 Å². The highest BCUT2D eigenvalue weighted by Crippen LogP contribution is 2.33. The van der Waals surface area contributed by atoms with E-state index in [4.69, 9.17) is 4.74 Å². The molecule has 2 heterocycles. The lowest BCUT2D eigenvalue weighted by Crippen LogP contribution is -2.04. The van der Waals surface area contributed by atoms with Gasteiger partial charge in [0, 0.05) is 23.8 Å². The van der Waals surface area contributed by atoms with E-state index in [1.807, 2.05) is 26.0 Å². The number of nitrogens with zero attached hydrogens (tertiary/aromatic N) is 2. The summed E-state index contributed by atoms with van der Waals surface area (Å²) in [4.78, 5) is 4.39. The van der Waals surface area contributed by atoms with Crippen molar-refractivity contribution in [3.05, 3.63) is 89.2 Å². The second-order valence-electron chi connectivity index (χ2n) is 6.49. The van der Waals surface area contributed by atoms with Gasteiger partial charge in [0.1, 0.15) is 22.9 Å². The number of aromatic nitrogens is 2. The molecular weight excluding hydrogens is 382 g/mol. The zero-order valence-electron chi connectivity index (χ0n) is 15.4. The molecule has 6 heteroatoms. The number of hydrogen-bond acceptors (Lipinski definition) is 2. The summed E-state index contributed by atoms with van der Waals surface area (Å²) in [5, 5.41) is 1.02. The van der Waals surface area contributed by atoms with Crippen molar-refractivity contribution in [1.29, 1.82) is 0 Å². The first kappa shape index (κ1) is 19.8. The first-order valence-corrected chi connectivity index (χ1v) is 8.65. The molecule has 0 aliphatic carbocycles.